The molecule has 1 amide bonds. The van der Waals surface area contributed by atoms with Crippen molar-refractivity contribution in [2.24, 2.45) is 4.99 Å². The van der Waals surface area contributed by atoms with Crippen LogP contribution in [-0.4, -0.2) is 48.3 Å². The minimum absolute atomic E-state index is 0.0479. The number of rotatable bonds is 6. The van der Waals surface area contributed by atoms with Gasteiger partial charge < -0.3 is 15.0 Å². The van der Waals surface area contributed by atoms with E-state index in [1.807, 2.05) is 6.92 Å². The third kappa shape index (κ3) is 3.43. The van der Waals surface area contributed by atoms with Gasteiger partial charge in [-0.25, -0.2) is 0 Å². The van der Waals surface area contributed by atoms with E-state index in [1.54, 1.807) is 0 Å². The molecule has 0 spiro atoms. The maximum Gasteiger partial charge on any atom is 0.259 e. The largest absolute Gasteiger partial charge is 0.378 e. The average Bonchev–Trinajstić information content (AvgIpc) is 3.18. The molecule has 1 saturated heterocycles. The fraction of sp³-hybridized carbons (Fsp3) is 0.733. The molecule has 0 bridgehead atoms. The molecule has 1 N–H and O–H groups in total. The predicted octanol–water partition coefficient (Wildman–Crippen LogP) is 2.10. The zero-order chi connectivity index (χ0) is 14.7. The number of unbranched alkanes of at least 4 members (excludes halogenated alkanes) is 1. The van der Waals surface area contributed by atoms with Crippen molar-refractivity contribution in [2.75, 3.05) is 26.2 Å². The van der Waals surface area contributed by atoms with Crippen LogP contribution in [0.25, 0.3) is 0 Å². The van der Waals surface area contributed by atoms with Gasteiger partial charge in [-0.15, -0.1) is 0 Å². The van der Waals surface area contributed by atoms with Gasteiger partial charge in [0, 0.05) is 25.4 Å². The monoisotopic (exact) mass is 309 g/mol. The molecule has 0 saturated carbocycles. The maximum absolute atomic E-state index is 12.2. The molecule has 3 rings (SSSR count). The van der Waals surface area contributed by atoms with Gasteiger partial charge in [-0.3, -0.25) is 9.79 Å². The Morgan fingerprint density at radius 3 is 3.19 bits per heavy atom. The molecule has 1 atom stereocenters. The van der Waals surface area contributed by atoms with Crippen molar-refractivity contribution in [1.29, 1.82) is 0 Å². The lowest BCUT2D eigenvalue weighted by Crippen LogP contribution is -2.26. The van der Waals surface area contributed by atoms with Gasteiger partial charge in [0.1, 0.15) is 0 Å². The Morgan fingerprint density at radius 1 is 1.52 bits per heavy atom. The van der Waals surface area contributed by atoms with Gasteiger partial charge in [0.25, 0.3) is 5.91 Å². The molecule has 116 valence electrons. The van der Waals surface area contributed by atoms with E-state index < -0.39 is 0 Å². The van der Waals surface area contributed by atoms with Crippen molar-refractivity contribution in [3.05, 3.63) is 10.6 Å². The van der Waals surface area contributed by atoms with Gasteiger partial charge in [-0.05, 0) is 50.8 Å². The number of carbonyl (C=O) groups excluding carboxylic acids is 1. The summed E-state index contributed by atoms with van der Waals surface area (Å²) in [6, 6.07) is 0. The molecule has 0 unspecified atom stereocenters. The first-order valence-corrected chi connectivity index (χ1v) is 8.68. The van der Waals surface area contributed by atoms with Crippen LogP contribution in [0.4, 0.5) is 0 Å². The standard InChI is InChI=1S/C15H23N3O2S/c1-11-13(21-15-17-8-9-18(11)15)14(19)16-7-3-2-5-12-6-4-10-20-12/h12H,2-10H2,1H3,(H,16,19)/t12-/m1/s1. The van der Waals surface area contributed by atoms with Gasteiger partial charge in [-0.2, -0.15) is 0 Å². The van der Waals surface area contributed by atoms with Crippen molar-refractivity contribution in [3.8, 4) is 0 Å². The second kappa shape index (κ2) is 6.83. The Balaban J connectivity index is 1.36. The number of amidine groups is 1. The third-order valence-electron chi connectivity index (χ3n) is 4.20. The summed E-state index contributed by atoms with van der Waals surface area (Å²) in [6.45, 7) is 5.43. The van der Waals surface area contributed by atoms with E-state index in [0.717, 1.165) is 61.3 Å². The number of hydrogen-bond donors (Lipinski definition) is 1. The number of hydrogen-bond acceptors (Lipinski definition) is 5. The Bertz CT molecular complexity index is 470. The summed E-state index contributed by atoms with van der Waals surface area (Å²) in [7, 11) is 0. The van der Waals surface area contributed by atoms with E-state index in [-0.39, 0.29) is 5.91 Å². The van der Waals surface area contributed by atoms with Crippen LogP contribution in [0.15, 0.2) is 15.6 Å². The number of aliphatic imine (C=N–C) groups is 1. The molecule has 5 nitrogen and oxygen atoms in total. The number of carbonyl (C=O) groups is 1. The Hall–Kier alpha value is -1.01. The first-order valence-electron chi connectivity index (χ1n) is 7.86. The van der Waals surface area contributed by atoms with Crippen molar-refractivity contribution < 1.29 is 9.53 Å². The smallest absolute Gasteiger partial charge is 0.259 e. The molecule has 3 aliphatic heterocycles. The molecule has 0 aliphatic carbocycles. The van der Waals surface area contributed by atoms with Gasteiger partial charge in [0.2, 0.25) is 0 Å². The van der Waals surface area contributed by atoms with Crippen LogP contribution >= 0.6 is 11.8 Å². The van der Waals surface area contributed by atoms with Crippen LogP contribution in [0.5, 0.6) is 0 Å². The van der Waals surface area contributed by atoms with Gasteiger partial charge >= 0.3 is 0 Å². The quantitative estimate of drug-likeness (QED) is 0.764. The van der Waals surface area contributed by atoms with E-state index in [0.29, 0.717) is 6.10 Å². The molecular formula is C15H23N3O2S. The number of allylic oxidation sites excluding steroid dienone is 1. The zero-order valence-electron chi connectivity index (χ0n) is 12.6. The topological polar surface area (TPSA) is 53.9 Å². The Kier molecular flexibility index (Phi) is 4.85. The van der Waals surface area contributed by atoms with Crippen LogP contribution in [0.1, 0.15) is 39.0 Å². The van der Waals surface area contributed by atoms with Crippen molar-refractivity contribution >= 4 is 22.8 Å². The lowest BCUT2D eigenvalue weighted by atomic mass is 10.1. The SMILES string of the molecule is CC1=C(C(=O)NCCCC[C@@H]2CCCO2)SC2=NCCN21. The summed E-state index contributed by atoms with van der Waals surface area (Å²) in [5, 5.41) is 4.01. The summed E-state index contributed by atoms with van der Waals surface area (Å²) >= 11 is 1.51. The summed E-state index contributed by atoms with van der Waals surface area (Å²) in [5.41, 5.74) is 1.05. The minimum Gasteiger partial charge on any atom is -0.378 e. The van der Waals surface area contributed by atoms with Crippen molar-refractivity contribution in [3.63, 3.8) is 0 Å². The summed E-state index contributed by atoms with van der Waals surface area (Å²) in [5.74, 6) is 0.0479. The van der Waals surface area contributed by atoms with Crippen LogP contribution < -0.4 is 5.32 Å². The van der Waals surface area contributed by atoms with Crippen LogP contribution in [0.3, 0.4) is 0 Å². The minimum atomic E-state index is 0.0479. The van der Waals surface area contributed by atoms with E-state index >= 15 is 0 Å². The second-order valence-corrected chi connectivity index (χ2v) is 6.70. The Labute approximate surface area is 130 Å². The molecule has 6 heteroatoms. The number of fused-ring (bicyclic) bond motifs is 1. The molecule has 1 fully saturated rings. The Morgan fingerprint density at radius 2 is 2.43 bits per heavy atom. The fourth-order valence-electron chi connectivity index (χ4n) is 2.97. The van der Waals surface area contributed by atoms with Gasteiger partial charge in [-0.1, -0.05) is 0 Å². The van der Waals surface area contributed by atoms with Crippen molar-refractivity contribution in [1.82, 2.24) is 10.2 Å². The van der Waals surface area contributed by atoms with E-state index in [1.165, 1.54) is 24.6 Å². The molecular weight excluding hydrogens is 286 g/mol. The van der Waals surface area contributed by atoms with Crippen molar-refractivity contribution in [2.45, 2.75) is 45.1 Å². The number of ether oxygens (including phenoxy) is 1. The lowest BCUT2D eigenvalue weighted by molar-refractivity contribution is -0.116. The highest BCUT2D eigenvalue weighted by atomic mass is 32.2. The van der Waals surface area contributed by atoms with Gasteiger partial charge in [0.15, 0.2) is 5.17 Å². The molecule has 0 aromatic heterocycles. The molecule has 3 aliphatic rings. The molecule has 21 heavy (non-hydrogen) atoms. The number of nitrogens with zero attached hydrogens (tertiary/aromatic N) is 2. The molecule has 0 radical (unpaired) electrons. The zero-order valence-corrected chi connectivity index (χ0v) is 13.4. The fourth-order valence-corrected chi connectivity index (χ4v) is 4.07. The van der Waals surface area contributed by atoms with E-state index in [4.69, 9.17) is 4.74 Å². The molecule has 3 heterocycles. The summed E-state index contributed by atoms with van der Waals surface area (Å²) in [4.78, 5) is 19.6. The summed E-state index contributed by atoms with van der Waals surface area (Å²) in [6.07, 6.45) is 6.12. The lowest BCUT2D eigenvalue weighted by Gasteiger charge is -2.12. The molecule has 0 aromatic carbocycles. The van der Waals surface area contributed by atoms with Crippen LogP contribution in [0.2, 0.25) is 0 Å². The predicted molar refractivity (Wildman–Crippen MR) is 85.1 cm³/mol. The summed E-state index contributed by atoms with van der Waals surface area (Å²) < 4.78 is 5.60. The average molecular weight is 309 g/mol. The number of amides is 1. The highest BCUT2D eigenvalue weighted by molar-refractivity contribution is 8.18. The number of thioether (sulfide) groups is 1. The van der Waals surface area contributed by atoms with E-state index in [9.17, 15) is 4.79 Å². The first-order chi connectivity index (χ1) is 10.3. The molecule has 0 aromatic rings. The normalized spacial score (nSPS) is 24.5. The highest BCUT2D eigenvalue weighted by Gasteiger charge is 2.32. The van der Waals surface area contributed by atoms with Crippen LogP contribution in [0, 0.1) is 0 Å². The second-order valence-electron chi connectivity index (χ2n) is 5.72. The third-order valence-corrected chi connectivity index (χ3v) is 5.41. The first kappa shape index (κ1) is 14.9. The number of nitrogens with one attached hydrogen (secondary N) is 1. The van der Waals surface area contributed by atoms with Crippen LogP contribution in [-0.2, 0) is 9.53 Å². The highest BCUT2D eigenvalue weighted by Crippen LogP contribution is 2.36. The van der Waals surface area contributed by atoms with Gasteiger partial charge in [0.05, 0.1) is 17.6 Å². The maximum atomic E-state index is 12.2. The van der Waals surface area contributed by atoms with E-state index in [2.05, 4.69) is 15.2 Å².